The van der Waals surface area contributed by atoms with Crippen molar-refractivity contribution < 1.29 is 19.2 Å². The molecule has 2 aromatic heterocycles. The van der Waals surface area contributed by atoms with E-state index in [4.69, 9.17) is 14.4 Å². The Kier molecular flexibility index (Phi) is 5.51. The van der Waals surface area contributed by atoms with Crippen LogP contribution in [0.3, 0.4) is 0 Å². The van der Waals surface area contributed by atoms with Gasteiger partial charge in [-0.05, 0) is 11.4 Å². The number of rotatable bonds is 5. The number of thiophene rings is 1. The Bertz CT molecular complexity index is 666. The molecular weight excluding hydrogens is 292 g/mol. The Morgan fingerprint density at radius 1 is 1.62 bits per heavy atom. The fourth-order valence-corrected chi connectivity index (χ4v) is 2.37. The highest BCUT2D eigenvalue weighted by molar-refractivity contribution is 7.10. The maximum Gasteiger partial charge on any atom is 0.273 e. The average molecular weight is 306 g/mol. The van der Waals surface area contributed by atoms with Crippen LogP contribution in [-0.2, 0) is 17.9 Å². The lowest BCUT2D eigenvalue weighted by Crippen LogP contribution is -2.22. The number of hydrogen-bond acceptors (Lipinski definition) is 6. The number of ether oxygens (including phenoxy) is 1. The highest BCUT2D eigenvalue weighted by atomic mass is 32.1. The lowest BCUT2D eigenvalue weighted by molar-refractivity contribution is 0.0941. The van der Waals surface area contributed by atoms with Gasteiger partial charge in [0.05, 0.1) is 6.54 Å². The van der Waals surface area contributed by atoms with Crippen LogP contribution in [0, 0.1) is 11.8 Å². The molecular formula is C14H14N2O4S. The predicted molar refractivity (Wildman–Crippen MR) is 76.7 cm³/mol. The summed E-state index contributed by atoms with van der Waals surface area (Å²) < 4.78 is 9.85. The molecule has 0 spiro atoms. The van der Waals surface area contributed by atoms with Crippen molar-refractivity contribution in [3.63, 3.8) is 0 Å². The first-order chi connectivity index (χ1) is 10.2. The monoisotopic (exact) mass is 306 g/mol. The molecule has 2 aromatic rings. The molecule has 2 N–H and O–H groups in total. The Labute approximate surface area is 125 Å². The molecule has 0 aliphatic carbocycles. The zero-order chi connectivity index (χ0) is 15.1. The van der Waals surface area contributed by atoms with Gasteiger partial charge in [0.25, 0.3) is 5.91 Å². The summed E-state index contributed by atoms with van der Waals surface area (Å²) in [6.45, 7) is 0.424. The molecule has 2 rings (SSSR count). The van der Waals surface area contributed by atoms with Crippen LogP contribution in [0.5, 0.6) is 0 Å². The highest BCUT2D eigenvalue weighted by Gasteiger charge is 2.13. The van der Waals surface area contributed by atoms with Crippen LogP contribution in [-0.4, -0.2) is 29.9 Å². The molecule has 0 atom stereocenters. The Balaban J connectivity index is 1.96. The van der Waals surface area contributed by atoms with Gasteiger partial charge in [0.1, 0.15) is 13.2 Å². The number of nitrogens with zero attached hydrogens (tertiary/aromatic N) is 1. The van der Waals surface area contributed by atoms with Crippen LogP contribution in [0.25, 0.3) is 0 Å². The van der Waals surface area contributed by atoms with Gasteiger partial charge in [-0.2, -0.15) is 0 Å². The van der Waals surface area contributed by atoms with Gasteiger partial charge in [-0.1, -0.05) is 17.0 Å². The van der Waals surface area contributed by atoms with Crippen molar-refractivity contribution in [2.75, 3.05) is 13.7 Å². The lowest BCUT2D eigenvalue weighted by atomic mass is 10.2. The second-order valence-corrected chi connectivity index (χ2v) is 5.01. The number of nitrogens with one attached hydrogen (secondary N) is 1. The molecule has 110 valence electrons. The lowest BCUT2D eigenvalue weighted by Gasteiger charge is -2.01. The van der Waals surface area contributed by atoms with Gasteiger partial charge in [0.15, 0.2) is 11.5 Å². The molecule has 0 radical (unpaired) electrons. The van der Waals surface area contributed by atoms with Gasteiger partial charge < -0.3 is 19.7 Å². The Morgan fingerprint density at radius 2 is 2.48 bits per heavy atom. The molecule has 0 unspecified atom stereocenters. The van der Waals surface area contributed by atoms with Crippen LogP contribution in [0.1, 0.15) is 26.7 Å². The summed E-state index contributed by atoms with van der Waals surface area (Å²) in [6.07, 6.45) is 0. The third-order valence-electron chi connectivity index (χ3n) is 2.54. The zero-order valence-electron chi connectivity index (χ0n) is 11.4. The molecule has 2 heterocycles. The average Bonchev–Trinajstić information content (AvgIpc) is 3.12. The van der Waals surface area contributed by atoms with E-state index in [-0.39, 0.29) is 24.8 Å². The number of aromatic nitrogens is 1. The fourth-order valence-electron chi connectivity index (χ4n) is 1.61. The molecule has 0 aliphatic heterocycles. The minimum absolute atomic E-state index is 0.192. The molecule has 0 fully saturated rings. The number of carbonyl (C=O) groups excluding carboxylic acids is 1. The second-order valence-electron chi connectivity index (χ2n) is 4.01. The van der Waals surface area contributed by atoms with E-state index in [0.29, 0.717) is 12.3 Å². The third-order valence-corrected chi connectivity index (χ3v) is 3.46. The summed E-state index contributed by atoms with van der Waals surface area (Å²) in [4.78, 5) is 12.9. The number of carbonyl (C=O) groups is 1. The molecule has 0 aliphatic rings. The zero-order valence-corrected chi connectivity index (χ0v) is 12.2. The van der Waals surface area contributed by atoms with Crippen molar-refractivity contribution in [3.8, 4) is 11.8 Å². The summed E-state index contributed by atoms with van der Waals surface area (Å²) in [5.41, 5.74) is 1.01. The molecule has 0 bridgehead atoms. The van der Waals surface area contributed by atoms with E-state index in [9.17, 15) is 4.79 Å². The quantitative estimate of drug-likeness (QED) is 0.810. The van der Waals surface area contributed by atoms with Crippen molar-refractivity contribution in [1.29, 1.82) is 0 Å². The van der Waals surface area contributed by atoms with Gasteiger partial charge in [0.2, 0.25) is 0 Å². The minimum Gasteiger partial charge on any atom is -0.384 e. The van der Waals surface area contributed by atoms with Gasteiger partial charge in [0, 0.05) is 23.6 Å². The van der Waals surface area contributed by atoms with Crippen LogP contribution in [0.4, 0.5) is 0 Å². The van der Waals surface area contributed by atoms with Gasteiger partial charge in [-0.15, -0.1) is 11.3 Å². The third kappa shape index (κ3) is 4.16. The number of aliphatic hydroxyl groups is 1. The Morgan fingerprint density at radius 3 is 3.24 bits per heavy atom. The smallest absolute Gasteiger partial charge is 0.273 e. The Hall–Kier alpha value is -2.14. The first-order valence-corrected chi connectivity index (χ1v) is 7.01. The van der Waals surface area contributed by atoms with Crippen molar-refractivity contribution in [2.24, 2.45) is 0 Å². The van der Waals surface area contributed by atoms with Crippen molar-refractivity contribution in [3.05, 3.63) is 39.4 Å². The van der Waals surface area contributed by atoms with Crippen LogP contribution < -0.4 is 5.32 Å². The summed E-state index contributed by atoms with van der Waals surface area (Å²) in [5.74, 6) is 5.59. The van der Waals surface area contributed by atoms with E-state index < -0.39 is 0 Å². The van der Waals surface area contributed by atoms with Gasteiger partial charge >= 0.3 is 0 Å². The molecule has 6 nitrogen and oxygen atoms in total. The second kappa shape index (κ2) is 7.59. The summed E-state index contributed by atoms with van der Waals surface area (Å²) in [5, 5.41) is 17.0. The maximum atomic E-state index is 11.9. The van der Waals surface area contributed by atoms with Crippen LogP contribution in [0.15, 0.2) is 22.0 Å². The topological polar surface area (TPSA) is 84.6 Å². The number of amides is 1. The largest absolute Gasteiger partial charge is 0.384 e. The number of hydrogen-bond donors (Lipinski definition) is 2. The van der Waals surface area contributed by atoms with Crippen LogP contribution >= 0.6 is 11.3 Å². The summed E-state index contributed by atoms with van der Waals surface area (Å²) >= 11 is 1.49. The van der Waals surface area contributed by atoms with E-state index in [2.05, 4.69) is 22.3 Å². The van der Waals surface area contributed by atoms with E-state index in [1.165, 1.54) is 18.4 Å². The normalized spacial score (nSPS) is 10.0. The van der Waals surface area contributed by atoms with E-state index in [1.54, 1.807) is 6.07 Å². The SMILES string of the molecule is COCc1cc(C(=O)NCc2sccc2C#CCO)no1. The van der Waals surface area contributed by atoms with E-state index in [0.717, 1.165) is 10.4 Å². The fraction of sp³-hybridized carbons (Fsp3) is 0.286. The highest BCUT2D eigenvalue weighted by Crippen LogP contribution is 2.15. The van der Waals surface area contributed by atoms with E-state index in [1.807, 2.05) is 11.4 Å². The van der Waals surface area contributed by atoms with Crippen LogP contribution in [0.2, 0.25) is 0 Å². The van der Waals surface area contributed by atoms with Crippen molar-refractivity contribution >= 4 is 17.2 Å². The summed E-state index contributed by atoms with van der Waals surface area (Å²) in [7, 11) is 1.54. The first kappa shape index (κ1) is 15.3. The first-order valence-electron chi connectivity index (χ1n) is 6.13. The molecule has 0 saturated carbocycles. The minimum atomic E-state index is -0.324. The van der Waals surface area contributed by atoms with Crippen molar-refractivity contribution in [2.45, 2.75) is 13.2 Å². The standard InChI is InChI=1S/C14H14N2O4S/c1-19-9-11-7-12(16-20-11)14(18)15-8-13-10(3-2-5-17)4-6-21-13/h4,6-7,17H,5,8-9H2,1H3,(H,15,18). The molecule has 21 heavy (non-hydrogen) atoms. The summed E-state index contributed by atoms with van der Waals surface area (Å²) in [6, 6.07) is 3.39. The maximum absolute atomic E-state index is 11.9. The van der Waals surface area contributed by atoms with Crippen molar-refractivity contribution in [1.82, 2.24) is 10.5 Å². The number of methoxy groups -OCH3 is 1. The predicted octanol–water partition coefficient (Wildman–Crippen LogP) is 1.16. The van der Waals surface area contributed by atoms with E-state index >= 15 is 0 Å². The number of aliphatic hydroxyl groups excluding tert-OH is 1. The molecule has 0 aromatic carbocycles. The molecule has 1 amide bonds. The van der Waals surface area contributed by atoms with Gasteiger partial charge in [-0.3, -0.25) is 4.79 Å². The molecule has 0 saturated heterocycles. The van der Waals surface area contributed by atoms with Gasteiger partial charge in [-0.25, -0.2) is 0 Å². The molecule has 7 heteroatoms.